The first-order valence-corrected chi connectivity index (χ1v) is 9.99. The number of alkyl halides is 6. The molecule has 0 aromatic carbocycles. The number of hydrogen-bond donors (Lipinski definition) is 2. The summed E-state index contributed by atoms with van der Waals surface area (Å²) in [5.41, 5.74) is -4.10. The fourth-order valence-corrected chi connectivity index (χ4v) is 3.51. The summed E-state index contributed by atoms with van der Waals surface area (Å²) in [5.74, 6) is -2.48. The van der Waals surface area contributed by atoms with Gasteiger partial charge in [0.25, 0.3) is 5.91 Å². The normalized spacial score (nSPS) is 12.9. The highest BCUT2D eigenvalue weighted by atomic mass is 32.1. The zero-order chi connectivity index (χ0) is 25.4. The van der Waals surface area contributed by atoms with E-state index in [-0.39, 0.29) is 33.4 Å². The van der Waals surface area contributed by atoms with Crippen LogP contribution >= 0.6 is 11.3 Å². The van der Waals surface area contributed by atoms with Gasteiger partial charge in [-0.05, 0) is 26.0 Å². The van der Waals surface area contributed by atoms with E-state index in [1.165, 1.54) is 13.1 Å². The molecule has 0 saturated heterocycles. The van der Waals surface area contributed by atoms with Gasteiger partial charge in [-0.3, -0.25) is 9.78 Å². The molecular weight excluding hydrogens is 492 g/mol. The monoisotopic (exact) mass is 505 g/mol. The van der Waals surface area contributed by atoms with E-state index >= 15 is 0 Å². The second kappa shape index (κ2) is 8.96. The maximum atomic E-state index is 13.0. The summed E-state index contributed by atoms with van der Waals surface area (Å²) in [6.45, 7) is 2.94. The highest BCUT2D eigenvalue weighted by Crippen LogP contribution is 2.34. The molecule has 3 aromatic rings. The van der Waals surface area contributed by atoms with Gasteiger partial charge in [-0.25, -0.2) is 19.7 Å². The molecule has 0 fully saturated rings. The quantitative estimate of drug-likeness (QED) is 0.489. The van der Waals surface area contributed by atoms with Crippen LogP contribution in [0, 0.1) is 6.92 Å². The first-order chi connectivity index (χ1) is 15.7. The van der Waals surface area contributed by atoms with Crippen LogP contribution in [0.15, 0.2) is 24.5 Å². The van der Waals surface area contributed by atoms with Gasteiger partial charge in [0.15, 0.2) is 0 Å². The average molecular weight is 505 g/mol. The molecule has 3 heterocycles. The smallest absolute Gasteiger partial charge is 0.433 e. The topological polar surface area (TPSA) is 118 Å². The second-order valence-electron chi connectivity index (χ2n) is 6.90. The summed E-state index contributed by atoms with van der Waals surface area (Å²) in [7, 11) is 0. The lowest BCUT2D eigenvalue weighted by Crippen LogP contribution is -2.29. The van der Waals surface area contributed by atoms with Crippen molar-refractivity contribution in [3.63, 3.8) is 0 Å². The lowest BCUT2D eigenvalue weighted by molar-refractivity contribution is -0.150. The molecule has 0 bridgehead atoms. The van der Waals surface area contributed by atoms with E-state index in [9.17, 15) is 35.9 Å². The number of amides is 1. The van der Waals surface area contributed by atoms with Crippen molar-refractivity contribution in [3.05, 3.63) is 57.7 Å². The number of halogens is 6. The molecule has 8 nitrogen and oxygen atoms in total. The van der Waals surface area contributed by atoms with Gasteiger partial charge >= 0.3 is 18.3 Å². The van der Waals surface area contributed by atoms with Crippen LogP contribution in [-0.4, -0.2) is 36.9 Å². The van der Waals surface area contributed by atoms with E-state index in [1.807, 2.05) is 0 Å². The van der Waals surface area contributed by atoms with Crippen molar-refractivity contribution < 1.29 is 41.0 Å². The van der Waals surface area contributed by atoms with Crippen LogP contribution < -0.4 is 5.32 Å². The Balaban J connectivity index is 1.98. The van der Waals surface area contributed by atoms with Crippen LogP contribution in [-0.2, 0) is 12.4 Å². The molecule has 0 aliphatic carbocycles. The van der Waals surface area contributed by atoms with Crippen LogP contribution in [0.2, 0.25) is 0 Å². The Morgan fingerprint density at radius 3 is 2.09 bits per heavy atom. The third-order valence-electron chi connectivity index (χ3n) is 4.27. The zero-order valence-corrected chi connectivity index (χ0v) is 17.9. The fourth-order valence-electron chi connectivity index (χ4n) is 2.75. The lowest BCUT2D eigenvalue weighted by atomic mass is 10.1. The zero-order valence-electron chi connectivity index (χ0n) is 17.1. The molecule has 0 saturated carbocycles. The predicted octanol–water partition coefficient (Wildman–Crippen LogP) is 4.53. The number of nitrogens with one attached hydrogen (secondary N) is 1. The molecule has 3 rings (SSSR count). The fraction of sp³-hybridized carbons (Fsp3) is 0.263. The number of aromatic nitrogens is 4. The summed E-state index contributed by atoms with van der Waals surface area (Å²) in [6.07, 6.45) is -8.00. The Kier molecular flexibility index (Phi) is 6.59. The van der Waals surface area contributed by atoms with Crippen molar-refractivity contribution in [2.45, 2.75) is 32.2 Å². The second-order valence-corrected chi connectivity index (χ2v) is 7.93. The predicted molar refractivity (Wildman–Crippen MR) is 105 cm³/mol. The Morgan fingerprint density at radius 1 is 1.00 bits per heavy atom. The Morgan fingerprint density at radius 2 is 1.59 bits per heavy atom. The van der Waals surface area contributed by atoms with Gasteiger partial charge in [-0.15, -0.1) is 11.3 Å². The van der Waals surface area contributed by atoms with Crippen molar-refractivity contribution in [2.75, 3.05) is 0 Å². The third kappa shape index (κ3) is 5.47. The minimum atomic E-state index is -5.22. The van der Waals surface area contributed by atoms with Gasteiger partial charge in [0.05, 0.1) is 23.6 Å². The van der Waals surface area contributed by atoms with Gasteiger partial charge in [-0.1, -0.05) is 0 Å². The first kappa shape index (κ1) is 25.0. The summed E-state index contributed by atoms with van der Waals surface area (Å²) < 4.78 is 78.3. The number of aromatic carboxylic acids is 1. The van der Waals surface area contributed by atoms with Crippen molar-refractivity contribution in [1.82, 2.24) is 25.3 Å². The molecule has 0 spiro atoms. The molecule has 180 valence electrons. The van der Waals surface area contributed by atoms with E-state index in [1.54, 1.807) is 6.92 Å². The largest absolute Gasteiger partial charge is 0.477 e. The molecule has 0 radical (unpaired) electrons. The standard InChI is InChI=1S/C19H13F6N5O3S/c1-7-5-26-14(16-27-6-10(34-16)17(32)33)13(28-7)8(2)29-15(31)9-3-11(18(20,21)22)30-12(4-9)19(23,24)25/h3-6,8H,1-2H3,(H,29,31)(H,32,33). The van der Waals surface area contributed by atoms with Crippen LogP contribution in [0.5, 0.6) is 0 Å². The molecule has 1 unspecified atom stereocenters. The highest BCUT2D eigenvalue weighted by Gasteiger charge is 2.39. The van der Waals surface area contributed by atoms with Gasteiger partial charge < -0.3 is 10.4 Å². The number of hydrogen-bond acceptors (Lipinski definition) is 7. The van der Waals surface area contributed by atoms with Crippen LogP contribution in [0.1, 0.15) is 55.8 Å². The van der Waals surface area contributed by atoms with Crippen LogP contribution in [0.3, 0.4) is 0 Å². The van der Waals surface area contributed by atoms with Crippen molar-refractivity contribution in [3.8, 4) is 10.7 Å². The number of pyridine rings is 1. The number of nitrogens with zero attached hydrogens (tertiary/aromatic N) is 4. The molecular formula is C19H13F6N5O3S. The number of carboxylic acids is 1. The molecule has 3 aromatic heterocycles. The SMILES string of the molecule is Cc1cnc(-c2ncc(C(=O)O)s2)c(C(C)NC(=O)c2cc(C(F)(F)F)nc(C(F)(F)F)c2)n1. The molecule has 0 aliphatic heterocycles. The average Bonchev–Trinajstić information content (AvgIpc) is 3.22. The summed E-state index contributed by atoms with van der Waals surface area (Å²) >= 11 is 0.772. The van der Waals surface area contributed by atoms with E-state index in [0.29, 0.717) is 5.69 Å². The molecule has 15 heteroatoms. The van der Waals surface area contributed by atoms with Gasteiger partial charge in [0.2, 0.25) is 0 Å². The Hall–Kier alpha value is -3.62. The minimum Gasteiger partial charge on any atom is -0.477 e. The minimum absolute atomic E-state index is 0.0841. The number of aryl methyl sites for hydroxylation is 1. The number of rotatable bonds is 5. The maximum Gasteiger partial charge on any atom is 0.433 e. The maximum absolute atomic E-state index is 13.0. The number of thiazole rings is 1. The van der Waals surface area contributed by atoms with E-state index < -0.39 is 47.2 Å². The van der Waals surface area contributed by atoms with E-state index in [2.05, 4.69) is 25.3 Å². The van der Waals surface area contributed by atoms with Crippen molar-refractivity contribution in [1.29, 1.82) is 0 Å². The molecule has 2 N–H and O–H groups in total. The number of carbonyl (C=O) groups is 2. The van der Waals surface area contributed by atoms with Gasteiger partial charge in [-0.2, -0.15) is 26.3 Å². The van der Waals surface area contributed by atoms with Crippen molar-refractivity contribution >= 4 is 23.2 Å². The molecule has 0 aliphatic rings. The number of carbonyl (C=O) groups excluding carboxylic acids is 1. The molecule has 1 amide bonds. The Labute approximate surface area is 190 Å². The summed E-state index contributed by atoms with van der Waals surface area (Å²) in [5, 5.41) is 11.5. The summed E-state index contributed by atoms with van der Waals surface area (Å²) in [6, 6.07) is -0.635. The third-order valence-corrected chi connectivity index (χ3v) is 5.26. The van der Waals surface area contributed by atoms with Crippen molar-refractivity contribution in [2.24, 2.45) is 0 Å². The van der Waals surface area contributed by atoms with Gasteiger partial charge in [0.1, 0.15) is 27.0 Å². The van der Waals surface area contributed by atoms with E-state index in [0.717, 1.165) is 17.5 Å². The van der Waals surface area contributed by atoms with Gasteiger partial charge in [0, 0.05) is 11.8 Å². The number of carboxylic acid groups (broad SMARTS) is 1. The van der Waals surface area contributed by atoms with Crippen LogP contribution in [0.4, 0.5) is 26.3 Å². The first-order valence-electron chi connectivity index (χ1n) is 9.17. The molecule has 34 heavy (non-hydrogen) atoms. The lowest BCUT2D eigenvalue weighted by Gasteiger charge is -2.17. The molecule has 1 atom stereocenters. The summed E-state index contributed by atoms with van der Waals surface area (Å²) in [4.78, 5) is 38.5. The Bertz CT molecular complexity index is 1230. The highest BCUT2D eigenvalue weighted by molar-refractivity contribution is 7.16. The van der Waals surface area contributed by atoms with E-state index in [4.69, 9.17) is 5.11 Å². The van der Waals surface area contributed by atoms with Crippen LogP contribution in [0.25, 0.3) is 10.7 Å².